The van der Waals surface area contributed by atoms with E-state index in [0.29, 0.717) is 0 Å². The first-order chi connectivity index (χ1) is 10.5. The molecule has 0 bridgehead atoms. The predicted octanol–water partition coefficient (Wildman–Crippen LogP) is 5.48. The number of carbonyl (C=O) groups excluding carboxylic acids is 1. The summed E-state index contributed by atoms with van der Waals surface area (Å²) >= 11 is 0. The molecule has 114 valence electrons. The third-order valence-corrected chi connectivity index (χ3v) is 4.07. The monoisotopic (exact) mass is 292 g/mol. The van der Waals surface area contributed by atoms with E-state index >= 15 is 0 Å². The van der Waals surface area contributed by atoms with Gasteiger partial charge in [0.05, 0.1) is 0 Å². The van der Waals surface area contributed by atoms with Gasteiger partial charge in [0, 0.05) is 11.5 Å². The van der Waals surface area contributed by atoms with E-state index in [2.05, 4.69) is 30.8 Å². The molecule has 1 unspecified atom stereocenters. The number of rotatable bonds is 6. The fourth-order valence-corrected chi connectivity index (χ4v) is 2.51. The maximum atomic E-state index is 12.4. The van der Waals surface area contributed by atoms with Gasteiger partial charge in [-0.3, -0.25) is 4.79 Å². The molecule has 0 saturated heterocycles. The molecule has 0 radical (unpaired) electrons. The van der Waals surface area contributed by atoms with Crippen LogP contribution >= 0.6 is 0 Å². The summed E-state index contributed by atoms with van der Waals surface area (Å²) in [5, 5.41) is 0. The molecular weight excluding hydrogens is 268 g/mol. The predicted molar refractivity (Wildman–Crippen MR) is 94.1 cm³/mol. The van der Waals surface area contributed by atoms with E-state index in [0.717, 1.165) is 24.0 Å². The number of ketones is 1. The van der Waals surface area contributed by atoms with Crippen LogP contribution in [0, 0.1) is 12.8 Å². The lowest BCUT2D eigenvalue weighted by atomic mass is 9.92. The molecule has 1 atom stereocenters. The Kier molecular flexibility index (Phi) is 5.32. The second-order valence-corrected chi connectivity index (χ2v) is 6.15. The van der Waals surface area contributed by atoms with Crippen LogP contribution in [0.1, 0.15) is 47.3 Å². The lowest BCUT2D eigenvalue weighted by Crippen LogP contribution is -2.12. The first-order valence-corrected chi connectivity index (χ1v) is 7.83. The Morgan fingerprint density at radius 2 is 1.77 bits per heavy atom. The highest BCUT2D eigenvalue weighted by atomic mass is 16.1. The van der Waals surface area contributed by atoms with Crippen LogP contribution < -0.4 is 0 Å². The fourth-order valence-electron chi connectivity index (χ4n) is 2.51. The number of aryl methyl sites for hydroxylation is 2. The van der Waals surface area contributed by atoms with E-state index in [1.54, 1.807) is 0 Å². The Balaban J connectivity index is 1.99. The molecular formula is C21H24O. The van der Waals surface area contributed by atoms with Gasteiger partial charge in [-0.05, 0) is 37.8 Å². The molecule has 0 N–H and O–H groups in total. The molecule has 0 aliphatic carbocycles. The Morgan fingerprint density at radius 3 is 2.41 bits per heavy atom. The lowest BCUT2D eigenvalue weighted by Gasteiger charge is -2.11. The molecule has 0 fully saturated rings. The van der Waals surface area contributed by atoms with Crippen molar-refractivity contribution in [3.05, 3.63) is 77.4 Å². The maximum absolute atomic E-state index is 12.4. The topological polar surface area (TPSA) is 17.1 Å². The Morgan fingerprint density at radius 1 is 1.09 bits per heavy atom. The third-order valence-electron chi connectivity index (χ3n) is 4.07. The Bertz CT molecular complexity index is 665. The quantitative estimate of drug-likeness (QED) is 0.644. The number of carbonyl (C=O) groups is 1. The first-order valence-electron chi connectivity index (χ1n) is 7.83. The van der Waals surface area contributed by atoms with E-state index in [-0.39, 0.29) is 11.7 Å². The highest BCUT2D eigenvalue weighted by molar-refractivity contribution is 5.97. The standard InChI is InChI=1S/C21H24O/c1-15(2)20-7-5-6-18(14-20)11-10-17(4)21(22)19-12-8-16(3)9-13-19/h5-9,12-14,17H,1,10-11H2,2-4H3. The summed E-state index contributed by atoms with van der Waals surface area (Å²) in [6.45, 7) is 10.1. The second kappa shape index (κ2) is 7.22. The number of hydrogen-bond acceptors (Lipinski definition) is 1. The van der Waals surface area contributed by atoms with Crippen molar-refractivity contribution in [3.63, 3.8) is 0 Å². The van der Waals surface area contributed by atoms with Gasteiger partial charge in [0.2, 0.25) is 0 Å². The summed E-state index contributed by atoms with van der Waals surface area (Å²) in [4.78, 5) is 12.4. The van der Waals surface area contributed by atoms with Crippen LogP contribution in [0.3, 0.4) is 0 Å². The molecule has 0 saturated carbocycles. The smallest absolute Gasteiger partial charge is 0.165 e. The zero-order chi connectivity index (χ0) is 16.1. The van der Waals surface area contributed by atoms with Crippen molar-refractivity contribution in [3.8, 4) is 0 Å². The van der Waals surface area contributed by atoms with Crippen molar-refractivity contribution in [2.75, 3.05) is 0 Å². The van der Waals surface area contributed by atoms with Gasteiger partial charge in [-0.2, -0.15) is 0 Å². The molecule has 0 amide bonds. The summed E-state index contributed by atoms with van der Waals surface area (Å²) in [6.07, 6.45) is 1.78. The number of hydrogen-bond donors (Lipinski definition) is 0. The SMILES string of the molecule is C=C(C)c1cccc(CCC(C)C(=O)c2ccc(C)cc2)c1. The number of benzene rings is 2. The van der Waals surface area contributed by atoms with Crippen molar-refractivity contribution in [1.82, 2.24) is 0 Å². The van der Waals surface area contributed by atoms with Crippen LogP contribution in [-0.2, 0) is 6.42 Å². The van der Waals surface area contributed by atoms with Gasteiger partial charge in [0.15, 0.2) is 5.78 Å². The minimum atomic E-state index is 0.0381. The van der Waals surface area contributed by atoms with E-state index < -0.39 is 0 Å². The highest BCUT2D eigenvalue weighted by Crippen LogP contribution is 2.18. The molecule has 1 nitrogen and oxygen atoms in total. The van der Waals surface area contributed by atoms with Crippen molar-refractivity contribution in [2.45, 2.75) is 33.6 Å². The van der Waals surface area contributed by atoms with E-state index in [4.69, 9.17) is 0 Å². The van der Waals surface area contributed by atoms with Crippen LogP contribution in [0.4, 0.5) is 0 Å². The number of allylic oxidation sites excluding steroid dienone is 1. The molecule has 0 aliphatic rings. The van der Waals surface area contributed by atoms with Gasteiger partial charge >= 0.3 is 0 Å². The van der Waals surface area contributed by atoms with Crippen molar-refractivity contribution < 1.29 is 4.79 Å². The van der Waals surface area contributed by atoms with Crippen molar-refractivity contribution in [1.29, 1.82) is 0 Å². The summed E-state index contributed by atoms with van der Waals surface area (Å²) in [5.74, 6) is 0.271. The molecule has 0 aromatic heterocycles. The number of Topliss-reactive ketones (excluding diaryl/α,β-unsaturated/α-hetero) is 1. The van der Waals surface area contributed by atoms with E-state index in [1.807, 2.05) is 45.0 Å². The molecule has 22 heavy (non-hydrogen) atoms. The molecule has 0 spiro atoms. The highest BCUT2D eigenvalue weighted by Gasteiger charge is 2.15. The van der Waals surface area contributed by atoms with Gasteiger partial charge in [-0.1, -0.05) is 73.2 Å². The van der Waals surface area contributed by atoms with Crippen LogP contribution in [0.25, 0.3) is 5.57 Å². The molecule has 0 heterocycles. The minimum Gasteiger partial charge on any atom is -0.294 e. The third kappa shape index (κ3) is 4.17. The lowest BCUT2D eigenvalue weighted by molar-refractivity contribution is 0.0924. The van der Waals surface area contributed by atoms with Gasteiger partial charge in [-0.25, -0.2) is 0 Å². The van der Waals surface area contributed by atoms with Crippen LogP contribution in [0.15, 0.2) is 55.1 Å². The normalized spacial score (nSPS) is 12.0. The average Bonchev–Trinajstić information content (AvgIpc) is 2.53. The zero-order valence-corrected chi connectivity index (χ0v) is 13.7. The van der Waals surface area contributed by atoms with Crippen LogP contribution in [0.2, 0.25) is 0 Å². The molecule has 2 aromatic carbocycles. The van der Waals surface area contributed by atoms with Crippen molar-refractivity contribution >= 4 is 11.4 Å². The van der Waals surface area contributed by atoms with Gasteiger partial charge in [-0.15, -0.1) is 0 Å². The van der Waals surface area contributed by atoms with Gasteiger partial charge in [0.1, 0.15) is 0 Å². The second-order valence-electron chi connectivity index (χ2n) is 6.15. The van der Waals surface area contributed by atoms with Gasteiger partial charge < -0.3 is 0 Å². The molecule has 1 heteroatoms. The molecule has 0 aliphatic heterocycles. The maximum Gasteiger partial charge on any atom is 0.165 e. The van der Waals surface area contributed by atoms with Crippen LogP contribution in [0.5, 0.6) is 0 Å². The largest absolute Gasteiger partial charge is 0.294 e. The van der Waals surface area contributed by atoms with Crippen LogP contribution in [-0.4, -0.2) is 5.78 Å². The summed E-state index contributed by atoms with van der Waals surface area (Å²) < 4.78 is 0. The van der Waals surface area contributed by atoms with E-state index in [9.17, 15) is 4.79 Å². The Labute approximate surface area is 133 Å². The van der Waals surface area contributed by atoms with Gasteiger partial charge in [0.25, 0.3) is 0 Å². The minimum absolute atomic E-state index is 0.0381. The Hall–Kier alpha value is -2.15. The average molecular weight is 292 g/mol. The summed E-state index contributed by atoms with van der Waals surface area (Å²) in [6, 6.07) is 16.3. The van der Waals surface area contributed by atoms with E-state index in [1.165, 1.54) is 16.7 Å². The summed E-state index contributed by atoms with van der Waals surface area (Å²) in [7, 11) is 0. The summed E-state index contributed by atoms with van der Waals surface area (Å²) in [5.41, 5.74) is 5.51. The van der Waals surface area contributed by atoms with Crippen molar-refractivity contribution in [2.24, 2.45) is 5.92 Å². The molecule has 2 rings (SSSR count). The zero-order valence-electron chi connectivity index (χ0n) is 13.7. The molecule has 2 aromatic rings. The first kappa shape index (κ1) is 16.2. The fraction of sp³-hybridized carbons (Fsp3) is 0.286.